The molecule has 0 radical (unpaired) electrons. The summed E-state index contributed by atoms with van der Waals surface area (Å²) in [4.78, 5) is 10.4. The third-order valence-electron chi connectivity index (χ3n) is 1.70. The van der Waals surface area contributed by atoms with E-state index in [-0.39, 0.29) is 18.8 Å². The Morgan fingerprint density at radius 3 is 2.57 bits per heavy atom. The van der Waals surface area contributed by atoms with E-state index in [0.29, 0.717) is 0 Å². The molecule has 0 aliphatic rings. The van der Waals surface area contributed by atoms with E-state index in [1.54, 1.807) is 0 Å². The van der Waals surface area contributed by atoms with E-state index in [2.05, 4.69) is 15.9 Å². The first-order valence-electron chi connectivity index (χ1n) is 3.83. The molecule has 1 aromatic rings. The van der Waals surface area contributed by atoms with E-state index in [1.165, 1.54) is 0 Å². The molecule has 3 N–H and O–H groups in total. The van der Waals surface area contributed by atoms with Crippen LogP contribution < -0.4 is 5.73 Å². The monoisotopic (exact) mass is 279 g/mol. The van der Waals surface area contributed by atoms with Gasteiger partial charge in [0, 0.05) is 10.5 Å². The van der Waals surface area contributed by atoms with E-state index in [9.17, 15) is 4.79 Å². The quantitative estimate of drug-likeness (QED) is 0.893. The fraction of sp³-hybridized carbons (Fsp3) is 0.222. The Bertz CT molecular complexity index is 319. The van der Waals surface area contributed by atoms with Crippen molar-refractivity contribution in [2.75, 3.05) is 0 Å². The molecule has 0 saturated carbocycles. The molecule has 5 heteroatoms. The number of hydrogen-bond donors (Lipinski definition) is 2. The normalized spacial score (nSPS) is 11.6. The molecule has 0 bridgehead atoms. The second kappa shape index (κ2) is 6.01. The first-order valence-corrected chi connectivity index (χ1v) is 4.62. The van der Waals surface area contributed by atoms with Crippen molar-refractivity contribution in [2.45, 2.75) is 12.5 Å². The van der Waals surface area contributed by atoms with Crippen LogP contribution >= 0.6 is 28.3 Å². The van der Waals surface area contributed by atoms with Crippen LogP contribution in [0.4, 0.5) is 0 Å². The van der Waals surface area contributed by atoms with Gasteiger partial charge in [-0.05, 0) is 11.6 Å². The molecule has 0 heterocycles. The highest BCUT2D eigenvalue weighted by Gasteiger charge is 2.12. The van der Waals surface area contributed by atoms with Crippen molar-refractivity contribution < 1.29 is 9.90 Å². The first-order chi connectivity index (χ1) is 6.11. The Labute approximate surface area is 96.8 Å². The van der Waals surface area contributed by atoms with E-state index in [4.69, 9.17) is 10.8 Å². The van der Waals surface area contributed by atoms with Crippen molar-refractivity contribution >= 4 is 34.3 Å². The Hall–Kier alpha value is -0.580. The summed E-state index contributed by atoms with van der Waals surface area (Å²) in [6, 6.07) is 6.91. The number of carbonyl (C=O) groups is 1. The zero-order chi connectivity index (χ0) is 9.84. The van der Waals surface area contributed by atoms with Gasteiger partial charge in [0.05, 0.1) is 6.42 Å². The number of aliphatic carboxylic acids is 1. The molecule has 14 heavy (non-hydrogen) atoms. The molecular formula is C9H11BrClNO2. The number of benzene rings is 1. The van der Waals surface area contributed by atoms with Crippen LogP contribution in [-0.2, 0) is 4.79 Å². The molecule has 1 rings (SSSR count). The van der Waals surface area contributed by atoms with E-state index in [1.807, 2.05) is 24.3 Å². The maximum atomic E-state index is 10.4. The standard InChI is InChI=1S/C9H10BrNO2.ClH/c10-7-4-2-1-3-6(7)8(11)5-9(12)13;/h1-4,8H,5,11H2,(H,12,13);1H. The Balaban J connectivity index is 0.00000169. The third kappa shape index (κ3) is 3.65. The van der Waals surface area contributed by atoms with Crippen LogP contribution in [-0.4, -0.2) is 11.1 Å². The Kier molecular flexibility index (Phi) is 5.76. The van der Waals surface area contributed by atoms with Gasteiger partial charge in [-0.15, -0.1) is 12.4 Å². The van der Waals surface area contributed by atoms with Crippen LogP contribution in [0.2, 0.25) is 0 Å². The van der Waals surface area contributed by atoms with Crippen LogP contribution in [0.25, 0.3) is 0 Å². The SMILES string of the molecule is Cl.NC(CC(=O)O)c1ccccc1Br. The lowest BCUT2D eigenvalue weighted by Crippen LogP contribution is -2.15. The van der Waals surface area contributed by atoms with Crippen LogP contribution in [0, 0.1) is 0 Å². The molecule has 3 nitrogen and oxygen atoms in total. The van der Waals surface area contributed by atoms with E-state index < -0.39 is 12.0 Å². The predicted molar refractivity (Wildman–Crippen MR) is 60.6 cm³/mol. The fourth-order valence-electron chi connectivity index (χ4n) is 1.07. The van der Waals surface area contributed by atoms with Crippen molar-refractivity contribution in [3.63, 3.8) is 0 Å². The van der Waals surface area contributed by atoms with Crippen LogP contribution in [0.15, 0.2) is 28.7 Å². The molecule has 0 saturated heterocycles. The van der Waals surface area contributed by atoms with Gasteiger partial charge in [0.1, 0.15) is 0 Å². The zero-order valence-corrected chi connectivity index (χ0v) is 9.72. The van der Waals surface area contributed by atoms with Gasteiger partial charge < -0.3 is 10.8 Å². The van der Waals surface area contributed by atoms with Gasteiger partial charge >= 0.3 is 5.97 Å². The number of carboxylic acid groups (broad SMARTS) is 1. The second-order valence-electron chi connectivity index (χ2n) is 2.73. The lowest BCUT2D eigenvalue weighted by atomic mass is 10.1. The summed E-state index contributed by atoms with van der Waals surface area (Å²) in [5.41, 5.74) is 6.51. The number of rotatable bonds is 3. The van der Waals surface area contributed by atoms with Gasteiger partial charge in [0.2, 0.25) is 0 Å². The molecule has 0 amide bonds. The van der Waals surface area contributed by atoms with Crippen molar-refractivity contribution in [3.8, 4) is 0 Å². The molecule has 0 fully saturated rings. The number of hydrogen-bond acceptors (Lipinski definition) is 2. The van der Waals surface area contributed by atoms with Crippen molar-refractivity contribution in [3.05, 3.63) is 34.3 Å². The minimum Gasteiger partial charge on any atom is -0.481 e. The largest absolute Gasteiger partial charge is 0.481 e. The molecule has 0 aromatic heterocycles. The van der Waals surface area contributed by atoms with Crippen molar-refractivity contribution in [2.24, 2.45) is 5.73 Å². The second-order valence-corrected chi connectivity index (χ2v) is 3.58. The third-order valence-corrected chi connectivity index (χ3v) is 2.42. The Morgan fingerprint density at radius 2 is 2.07 bits per heavy atom. The van der Waals surface area contributed by atoms with Gasteiger partial charge in [0.15, 0.2) is 0 Å². The Morgan fingerprint density at radius 1 is 1.50 bits per heavy atom. The number of carboxylic acids is 1. The molecule has 0 aliphatic heterocycles. The first kappa shape index (κ1) is 13.4. The lowest BCUT2D eigenvalue weighted by Gasteiger charge is -2.10. The molecule has 78 valence electrons. The minimum atomic E-state index is -0.886. The zero-order valence-electron chi connectivity index (χ0n) is 7.31. The molecule has 0 aliphatic carbocycles. The van der Waals surface area contributed by atoms with Gasteiger partial charge in [0.25, 0.3) is 0 Å². The molecule has 0 spiro atoms. The smallest absolute Gasteiger partial charge is 0.305 e. The summed E-state index contributed by atoms with van der Waals surface area (Å²) in [7, 11) is 0. The lowest BCUT2D eigenvalue weighted by molar-refractivity contribution is -0.137. The van der Waals surface area contributed by atoms with Crippen LogP contribution in [0.1, 0.15) is 18.0 Å². The van der Waals surface area contributed by atoms with Gasteiger partial charge in [-0.3, -0.25) is 4.79 Å². The highest BCUT2D eigenvalue weighted by Crippen LogP contribution is 2.23. The molecular weight excluding hydrogens is 269 g/mol. The number of halogens is 2. The van der Waals surface area contributed by atoms with Crippen LogP contribution in [0.3, 0.4) is 0 Å². The average Bonchev–Trinajstić information content (AvgIpc) is 2.03. The van der Waals surface area contributed by atoms with E-state index >= 15 is 0 Å². The summed E-state index contributed by atoms with van der Waals surface area (Å²) < 4.78 is 0.851. The maximum absolute atomic E-state index is 10.4. The summed E-state index contributed by atoms with van der Waals surface area (Å²) in [6.45, 7) is 0. The minimum absolute atomic E-state index is 0. The maximum Gasteiger partial charge on any atom is 0.305 e. The summed E-state index contributed by atoms with van der Waals surface area (Å²) in [5, 5.41) is 8.54. The summed E-state index contributed by atoms with van der Waals surface area (Å²) >= 11 is 3.31. The molecule has 1 aromatic carbocycles. The van der Waals surface area contributed by atoms with Crippen molar-refractivity contribution in [1.29, 1.82) is 0 Å². The van der Waals surface area contributed by atoms with Gasteiger partial charge in [-0.25, -0.2) is 0 Å². The number of nitrogens with two attached hydrogens (primary N) is 1. The van der Waals surface area contributed by atoms with Crippen molar-refractivity contribution in [1.82, 2.24) is 0 Å². The van der Waals surface area contributed by atoms with E-state index in [0.717, 1.165) is 10.0 Å². The average molecular weight is 281 g/mol. The summed E-state index contributed by atoms with van der Waals surface area (Å²) in [5.74, 6) is -0.886. The highest BCUT2D eigenvalue weighted by molar-refractivity contribution is 9.10. The van der Waals surface area contributed by atoms with Gasteiger partial charge in [-0.1, -0.05) is 34.1 Å². The molecule has 1 unspecified atom stereocenters. The summed E-state index contributed by atoms with van der Waals surface area (Å²) in [6.07, 6.45) is -0.0530. The molecule has 1 atom stereocenters. The fourth-order valence-corrected chi connectivity index (χ4v) is 1.65. The predicted octanol–water partition coefficient (Wildman–Crippen LogP) is 2.35. The highest BCUT2D eigenvalue weighted by atomic mass is 79.9. The van der Waals surface area contributed by atoms with Crippen LogP contribution in [0.5, 0.6) is 0 Å². The van der Waals surface area contributed by atoms with Gasteiger partial charge in [-0.2, -0.15) is 0 Å². The topological polar surface area (TPSA) is 63.3 Å².